The highest BCUT2D eigenvalue weighted by Crippen LogP contribution is 2.27. The molecular formula is C26H23N3O3. The van der Waals surface area contributed by atoms with Gasteiger partial charge in [-0.2, -0.15) is 5.10 Å². The van der Waals surface area contributed by atoms with Gasteiger partial charge in [0.25, 0.3) is 0 Å². The molecule has 0 unspecified atom stereocenters. The minimum Gasteiger partial charge on any atom is -0.497 e. The number of carbonyl (C=O) groups excluding carboxylic acids is 1. The second kappa shape index (κ2) is 9.66. The molecule has 6 nitrogen and oxygen atoms in total. The van der Waals surface area contributed by atoms with Crippen molar-refractivity contribution >= 4 is 17.7 Å². The zero-order valence-electron chi connectivity index (χ0n) is 17.9. The second-order valence-corrected chi connectivity index (χ2v) is 6.99. The molecule has 0 aliphatic carbocycles. The first-order valence-corrected chi connectivity index (χ1v) is 10.1. The van der Waals surface area contributed by atoms with E-state index in [1.165, 1.54) is 6.08 Å². The number of hydrogen-bond acceptors (Lipinski definition) is 4. The number of amides is 1. The third-order valence-electron chi connectivity index (χ3n) is 4.90. The fourth-order valence-corrected chi connectivity index (χ4v) is 3.22. The molecule has 0 saturated heterocycles. The number of aromatic nitrogens is 2. The quantitative estimate of drug-likeness (QED) is 0.413. The SMILES string of the molecule is COc1ccc(NC(=O)/C=C\c2cn(-c3ccccc3)nc2-c2ccc(OC)cc2)cc1. The van der Waals surface area contributed by atoms with Crippen LogP contribution in [0.3, 0.4) is 0 Å². The fourth-order valence-electron chi connectivity index (χ4n) is 3.22. The first-order valence-electron chi connectivity index (χ1n) is 10.1. The Hall–Kier alpha value is -4.32. The Balaban J connectivity index is 1.61. The molecule has 0 saturated carbocycles. The molecule has 0 atom stereocenters. The van der Waals surface area contributed by atoms with Crippen LogP contribution < -0.4 is 14.8 Å². The topological polar surface area (TPSA) is 65.4 Å². The van der Waals surface area contributed by atoms with Crippen molar-refractivity contribution in [3.8, 4) is 28.4 Å². The number of rotatable bonds is 7. The van der Waals surface area contributed by atoms with E-state index in [0.29, 0.717) is 5.69 Å². The largest absolute Gasteiger partial charge is 0.497 e. The van der Waals surface area contributed by atoms with Crippen LogP contribution in [-0.4, -0.2) is 29.9 Å². The third-order valence-corrected chi connectivity index (χ3v) is 4.90. The van der Waals surface area contributed by atoms with E-state index < -0.39 is 0 Å². The maximum absolute atomic E-state index is 12.5. The number of benzene rings is 3. The van der Waals surface area contributed by atoms with E-state index in [0.717, 1.165) is 34.0 Å². The minimum absolute atomic E-state index is 0.233. The molecule has 4 rings (SSSR count). The molecule has 1 aromatic heterocycles. The predicted molar refractivity (Wildman–Crippen MR) is 126 cm³/mol. The molecule has 4 aromatic rings. The smallest absolute Gasteiger partial charge is 0.248 e. The summed E-state index contributed by atoms with van der Waals surface area (Å²) in [6.07, 6.45) is 5.18. The molecule has 0 aliphatic rings. The summed E-state index contributed by atoms with van der Waals surface area (Å²) in [6.45, 7) is 0. The highest BCUT2D eigenvalue weighted by atomic mass is 16.5. The van der Waals surface area contributed by atoms with Crippen LogP contribution in [-0.2, 0) is 4.79 Å². The molecule has 160 valence electrons. The van der Waals surface area contributed by atoms with Gasteiger partial charge in [0.05, 0.1) is 25.6 Å². The third kappa shape index (κ3) is 4.87. The number of para-hydroxylation sites is 1. The molecule has 0 radical (unpaired) electrons. The Bertz CT molecular complexity index is 1210. The van der Waals surface area contributed by atoms with E-state index >= 15 is 0 Å². The van der Waals surface area contributed by atoms with E-state index in [1.54, 1.807) is 49.2 Å². The Kier molecular flexibility index (Phi) is 6.32. The molecule has 0 fully saturated rings. The summed E-state index contributed by atoms with van der Waals surface area (Å²) in [4.78, 5) is 12.5. The van der Waals surface area contributed by atoms with Crippen molar-refractivity contribution in [2.45, 2.75) is 0 Å². The molecule has 1 heterocycles. The van der Waals surface area contributed by atoms with Crippen molar-refractivity contribution in [3.63, 3.8) is 0 Å². The summed E-state index contributed by atoms with van der Waals surface area (Å²) in [6, 6.07) is 24.7. The lowest BCUT2D eigenvalue weighted by atomic mass is 10.1. The lowest BCUT2D eigenvalue weighted by Gasteiger charge is -2.04. The zero-order valence-corrected chi connectivity index (χ0v) is 17.9. The van der Waals surface area contributed by atoms with Crippen molar-refractivity contribution in [2.75, 3.05) is 19.5 Å². The number of ether oxygens (including phenoxy) is 2. The molecule has 1 amide bonds. The van der Waals surface area contributed by atoms with E-state index in [4.69, 9.17) is 14.6 Å². The lowest BCUT2D eigenvalue weighted by molar-refractivity contribution is -0.111. The number of nitrogens with one attached hydrogen (secondary N) is 1. The maximum atomic E-state index is 12.5. The number of methoxy groups -OCH3 is 2. The molecule has 3 aromatic carbocycles. The van der Waals surface area contributed by atoms with Crippen LogP contribution in [0.4, 0.5) is 5.69 Å². The first-order chi connectivity index (χ1) is 15.7. The van der Waals surface area contributed by atoms with Gasteiger partial charge in [-0.3, -0.25) is 4.79 Å². The fraction of sp³-hybridized carbons (Fsp3) is 0.0769. The van der Waals surface area contributed by atoms with E-state index in [1.807, 2.05) is 60.8 Å². The Morgan fingerprint density at radius 1 is 0.875 bits per heavy atom. The van der Waals surface area contributed by atoms with E-state index in [-0.39, 0.29) is 5.91 Å². The van der Waals surface area contributed by atoms with Gasteiger partial charge in [-0.05, 0) is 66.7 Å². The number of nitrogens with zero attached hydrogens (tertiary/aromatic N) is 2. The van der Waals surface area contributed by atoms with Crippen LogP contribution in [0.1, 0.15) is 5.56 Å². The summed E-state index contributed by atoms with van der Waals surface area (Å²) in [5.74, 6) is 1.27. The van der Waals surface area contributed by atoms with E-state index in [2.05, 4.69) is 5.32 Å². The summed E-state index contributed by atoms with van der Waals surface area (Å²) >= 11 is 0. The molecule has 6 heteroatoms. The summed E-state index contributed by atoms with van der Waals surface area (Å²) in [7, 11) is 3.24. The van der Waals surface area contributed by atoms with Crippen molar-refractivity contribution in [1.82, 2.24) is 9.78 Å². The predicted octanol–water partition coefficient (Wildman–Crippen LogP) is 5.21. The molecule has 1 N–H and O–H groups in total. The average molecular weight is 425 g/mol. The number of anilines is 1. The highest BCUT2D eigenvalue weighted by Gasteiger charge is 2.11. The molecule has 0 bridgehead atoms. The first kappa shape index (κ1) is 20.9. The van der Waals surface area contributed by atoms with Gasteiger partial charge < -0.3 is 14.8 Å². The van der Waals surface area contributed by atoms with Crippen LogP contribution in [0.2, 0.25) is 0 Å². The van der Waals surface area contributed by atoms with Crippen LogP contribution >= 0.6 is 0 Å². The van der Waals surface area contributed by atoms with Crippen LogP contribution in [0.5, 0.6) is 11.5 Å². The van der Waals surface area contributed by atoms with Crippen molar-refractivity contribution in [2.24, 2.45) is 0 Å². The lowest BCUT2D eigenvalue weighted by Crippen LogP contribution is -2.07. The summed E-state index contributed by atoms with van der Waals surface area (Å²) < 4.78 is 12.2. The molecule has 0 aliphatic heterocycles. The van der Waals surface area contributed by atoms with Gasteiger partial charge in [0.15, 0.2) is 0 Å². The Morgan fingerprint density at radius 3 is 2.12 bits per heavy atom. The Morgan fingerprint density at radius 2 is 1.50 bits per heavy atom. The standard InChI is InChI=1S/C26H23N3O3/c1-31-23-13-8-19(9-14-23)26-20(18-29(28-26)22-6-4-3-5-7-22)10-17-25(30)27-21-11-15-24(32-2)16-12-21/h3-18H,1-2H3,(H,27,30)/b17-10-. The van der Waals surface area contributed by atoms with Gasteiger partial charge in [-0.1, -0.05) is 18.2 Å². The zero-order chi connectivity index (χ0) is 22.3. The van der Waals surface area contributed by atoms with Gasteiger partial charge in [0, 0.05) is 29.1 Å². The number of hydrogen-bond donors (Lipinski definition) is 1. The Labute approximate surface area is 186 Å². The van der Waals surface area contributed by atoms with Crippen molar-refractivity contribution in [1.29, 1.82) is 0 Å². The highest BCUT2D eigenvalue weighted by molar-refractivity contribution is 6.02. The van der Waals surface area contributed by atoms with Gasteiger partial charge in [-0.25, -0.2) is 4.68 Å². The van der Waals surface area contributed by atoms with E-state index in [9.17, 15) is 4.79 Å². The van der Waals surface area contributed by atoms with Crippen LogP contribution in [0, 0.1) is 0 Å². The summed E-state index contributed by atoms with van der Waals surface area (Å²) in [5, 5.41) is 7.62. The normalized spacial score (nSPS) is 10.8. The van der Waals surface area contributed by atoms with Gasteiger partial charge in [0.1, 0.15) is 11.5 Å². The van der Waals surface area contributed by atoms with Gasteiger partial charge >= 0.3 is 0 Å². The van der Waals surface area contributed by atoms with Gasteiger partial charge in [-0.15, -0.1) is 0 Å². The van der Waals surface area contributed by atoms with Crippen LogP contribution in [0.25, 0.3) is 23.0 Å². The summed E-state index contributed by atoms with van der Waals surface area (Å²) in [5.41, 5.74) is 4.14. The van der Waals surface area contributed by atoms with Gasteiger partial charge in [0.2, 0.25) is 5.91 Å². The molecular weight excluding hydrogens is 402 g/mol. The molecule has 32 heavy (non-hydrogen) atoms. The van der Waals surface area contributed by atoms with Crippen molar-refractivity contribution in [3.05, 3.63) is 96.7 Å². The monoisotopic (exact) mass is 425 g/mol. The van der Waals surface area contributed by atoms with Crippen LogP contribution in [0.15, 0.2) is 91.1 Å². The minimum atomic E-state index is -0.233. The van der Waals surface area contributed by atoms with Crippen molar-refractivity contribution < 1.29 is 14.3 Å². The maximum Gasteiger partial charge on any atom is 0.248 e. The second-order valence-electron chi connectivity index (χ2n) is 6.99. The number of carbonyl (C=O) groups is 1. The average Bonchev–Trinajstić information content (AvgIpc) is 3.28. The molecule has 0 spiro atoms.